The summed E-state index contributed by atoms with van der Waals surface area (Å²) >= 11 is 0. The molecule has 44 heavy (non-hydrogen) atoms. The van der Waals surface area contributed by atoms with Gasteiger partial charge in [0.1, 0.15) is 18.3 Å². The second kappa shape index (κ2) is 12.1. The zero-order chi connectivity index (χ0) is 31.4. The molecule has 4 fully saturated rings. The molecule has 1 aromatic rings. The summed E-state index contributed by atoms with van der Waals surface area (Å²) in [6, 6.07) is 8.12. The van der Waals surface area contributed by atoms with Gasteiger partial charge in [0.2, 0.25) is 0 Å². The standard InChI is InChI=1S/C36H53NO7/c1-5-6-19-37-32(41)23-9-7-22(8-10-23)26-15-18-36(42)28-12-11-24-20-25(44-33-31(40)30(39)29(38)21(2)43-33)13-16-34(24,3)27(28)14-17-35(26,36)4/h7-10,20-21,25-31,33,38-40,42H,5-6,11-19H2,1-4H3,(H,37,41)/t21-,25-,26+,27-,28+,29-,30+,31+,33-,34-,35+,36-/m0/s1. The van der Waals surface area contributed by atoms with Gasteiger partial charge in [0.05, 0.1) is 17.8 Å². The van der Waals surface area contributed by atoms with Gasteiger partial charge in [0.25, 0.3) is 5.91 Å². The molecule has 1 aliphatic heterocycles. The average Bonchev–Trinajstić information content (AvgIpc) is 3.30. The van der Waals surface area contributed by atoms with Crippen molar-refractivity contribution in [3.63, 3.8) is 0 Å². The van der Waals surface area contributed by atoms with E-state index in [-0.39, 0.29) is 34.7 Å². The molecule has 5 aliphatic rings. The van der Waals surface area contributed by atoms with Gasteiger partial charge in [-0.2, -0.15) is 0 Å². The second-order valence-corrected chi connectivity index (χ2v) is 15.0. The first-order chi connectivity index (χ1) is 20.9. The maximum Gasteiger partial charge on any atom is 0.251 e. The highest BCUT2D eigenvalue weighted by atomic mass is 16.7. The molecule has 8 heteroatoms. The summed E-state index contributed by atoms with van der Waals surface area (Å²) in [5.74, 6) is 0.864. The summed E-state index contributed by atoms with van der Waals surface area (Å²) in [7, 11) is 0. The molecule has 4 aliphatic carbocycles. The van der Waals surface area contributed by atoms with Crippen molar-refractivity contribution in [2.45, 2.75) is 140 Å². The Kier molecular flexibility index (Phi) is 8.83. The first-order valence-electron chi connectivity index (χ1n) is 17.1. The molecule has 12 atom stereocenters. The lowest BCUT2D eigenvalue weighted by Gasteiger charge is -2.62. The van der Waals surface area contributed by atoms with Gasteiger partial charge >= 0.3 is 0 Å². The first kappa shape index (κ1) is 32.1. The van der Waals surface area contributed by atoms with Gasteiger partial charge in [-0.15, -0.1) is 0 Å². The number of unbranched alkanes of at least 4 members (excludes halogenated alkanes) is 1. The van der Waals surface area contributed by atoms with E-state index in [0.717, 1.165) is 64.2 Å². The van der Waals surface area contributed by atoms with Gasteiger partial charge in [0.15, 0.2) is 6.29 Å². The number of aliphatic hydroxyl groups excluding tert-OH is 3. The van der Waals surface area contributed by atoms with Crippen LogP contribution in [-0.2, 0) is 9.47 Å². The highest BCUT2D eigenvalue weighted by molar-refractivity contribution is 5.94. The molecule has 0 radical (unpaired) electrons. The van der Waals surface area contributed by atoms with Crippen molar-refractivity contribution < 1.29 is 34.7 Å². The maximum atomic E-state index is 12.6. The van der Waals surface area contributed by atoms with Crippen LogP contribution in [0.3, 0.4) is 0 Å². The topological polar surface area (TPSA) is 128 Å². The molecule has 1 amide bonds. The number of fused-ring (bicyclic) bond motifs is 5. The lowest BCUT2D eigenvalue weighted by molar-refractivity contribution is -0.301. The molecule has 8 nitrogen and oxygen atoms in total. The number of benzene rings is 1. The van der Waals surface area contributed by atoms with Gasteiger partial charge < -0.3 is 35.2 Å². The molecule has 5 N–H and O–H groups in total. The number of aliphatic hydroxyl groups is 4. The van der Waals surface area contributed by atoms with E-state index >= 15 is 0 Å². The van der Waals surface area contributed by atoms with E-state index in [1.54, 1.807) is 6.92 Å². The van der Waals surface area contributed by atoms with Crippen molar-refractivity contribution in [3.8, 4) is 0 Å². The molecule has 1 heterocycles. The van der Waals surface area contributed by atoms with Crippen LogP contribution in [-0.4, -0.2) is 75.3 Å². The van der Waals surface area contributed by atoms with Crippen LogP contribution < -0.4 is 5.32 Å². The van der Waals surface area contributed by atoms with Crippen LogP contribution in [0, 0.1) is 22.7 Å². The maximum absolute atomic E-state index is 12.6. The fraction of sp³-hybridized carbons (Fsp3) is 0.750. The third-order valence-electron chi connectivity index (χ3n) is 12.8. The molecular weight excluding hydrogens is 558 g/mol. The smallest absolute Gasteiger partial charge is 0.251 e. The summed E-state index contributed by atoms with van der Waals surface area (Å²) in [6.07, 6.45) is 6.02. The average molecular weight is 612 g/mol. The van der Waals surface area contributed by atoms with E-state index in [1.807, 2.05) is 12.1 Å². The quantitative estimate of drug-likeness (QED) is 0.225. The van der Waals surface area contributed by atoms with Crippen molar-refractivity contribution in [1.29, 1.82) is 0 Å². The predicted octanol–water partition coefficient (Wildman–Crippen LogP) is 4.59. The van der Waals surface area contributed by atoms with Gasteiger partial charge in [-0.25, -0.2) is 0 Å². The number of carbonyl (C=O) groups excluding carboxylic acids is 1. The minimum absolute atomic E-state index is 0.0141. The first-order valence-corrected chi connectivity index (χ1v) is 17.1. The Hall–Kier alpha value is -1.81. The zero-order valence-electron chi connectivity index (χ0n) is 26.9. The van der Waals surface area contributed by atoms with Crippen molar-refractivity contribution in [2.75, 3.05) is 6.54 Å². The zero-order valence-corrected chi connectivity index (χ0v) is 26.9. The Morgan fingerprint density at radius 1 is 0.977 bits per heavy atom. The van der Waals surface area contributed by atoms with Crippen molar-refractivity contribution in [3.05, 3.63) is 47.0 Å². The summed E-state index contributed by atoms with van der Waals surface area (Å²) < 4.78 is 11.9. The number of ether oxygens (including phenoxy) is 2. The van der Waals surface area contributed by atoms with E-state index < -0.39 is 36.3 Å². The molecule has 6 rings (SSSR count). The minimum atomic E-state index is -1.30. The summed E-state index contributed by atoms with van der Waals surface area (Å²) in [5, 5.41) is 46.4. The van der Waals surface area contributed by atoms with E-state index in [1.165, 1.54) is 11.1 Å². The van der Waals surface area contributed by atoms with E-state index in [9.17, 15) is 25.2 Å². The third-order valence-corrected chi connectivity index (χ3v) is 12.8. The molecule has 0 unspecified atom stereocenters. The third kappa shape index (κ3) is 5.18. The molecular formula is C36H53NO7. The van der Waals surface area contributed by atoms with E-state index in [4.69, 9.17) is 9.47 Å². The SMILES string of the molecule is CCCCNC(=O)c1ccc([C@H]2CC[C@]3(O)[C@@H]4CCC5=C[C@@H](O[C@@H]6O[C@@H](C)[C@H](O)[C@@H](O)[C@H]6O)CC[C@]5(C)[C@H]4CC[C@]23C)cc1. The number of hydrogen-bond donors (Lipinski definition) is 5. The lowest BCUT2D eigenvalue weighted by Crippen LogP contribution is -2.60. The molecule has 244 valence electrons. The predicted molar refractivity (Wildman–Crippen MR) is 167 cm³/mol. The van der Waals surface area contributed by atoms with Gasteiger partial charge in [-0.05, 0) is 106 Å². The fourth-order valence-electron chi connectivity index (χ4n) is 9.95. The van der Waals surface area contributed by atoms with Crippen LogP contribution in [0.4, 0.5) is 0 Å². The molecule has 0 bridgehead atoms. The van der Waals surface area contributed by atoms with Crippen LogP contribution in [0.25, 0.3) is 0 Å². The highest BCUT2D eigenvalue weighted by Gasteiger charge is 2.66. The molecule has 1 aromatic carbocycles. The Morgan fingerprint density at radius 2 is 1.73 bits per heavy atom. The number of amides is 1. The Morgan fingerprint density at radius 3 is 2.45 bits per heavy atom. The second-order valence-electron chi connectivity index (χ2n) is 15.0. The Bertz CT molecular complexity index is 1240. The van der Waals surface area contributed by atoms with Crippen molar-refractivity contribution in [1.82, 2.24) is 5.32 Å². The number of rotatable bonds is 7. The van der Waals surface area contributed by atoms with Crippen LogP contribution in [0.15, 0.2) is 35.9 Å². The van der Waals surface area contributed by atoms with Crippen LogP contribution in [0.2, 0.25) is 0 Å². The Balaban J connectivity index is 1.16. The van der Waals surface area contributed by atoms with Crippen LogP contribution in [0.5, 0.6) is 0 Å². The molecule has 0 aromatic heterocycles. The molecule has 1 saturated heterocycles. The number of carbonyl (C=O) groups is 1. The number of hydrogen-bond acceptors (Lipinski definition) is 7. The minimum Gasteiger partial charge on any atom is -0.389 e. The highest BCUT2D eigenvalue weighted by Crippen LogP contribution is 2.70. The van der Waals surface area contributed by atoms with Crippen LogP contribution in [0.1, 0.15) is 114 Å². The van der Waals surface area contributed by atoms with E-state index in [0.29, 0.717) is 18.0 Å². The monoisotopic (exact) mass is 611 g/mol. The normalized spacial score (nSPS) is 45.1. The largest absolute Gasteiger partial charge is 0.389 e. The Labute approximate surface area is 262 Å². The van der Waals surface area contributed by atoms with Crippen LogP contribution >= 0.6 is 0 Å². The van der Waals surface area contributed by atoms with Gasteiger partial charge in [0, 0.05) is 17.5 Å². The van der Waals surface area contributed by atoms with Crippen molar-refractivity contribution in [2.24, 2.45) is 22.7 Å². The summed E-state index contributed by atoms with van der Waals surface area (Å²) in [5.41, 5.74) is 2.34. The number of nitrogens with one attached hydrogen (secondary N) is 1. The fourth-order valence-corrected chi connectivity index (χ4v) is 9.95. The van der Waals surface area contributed by atoms with Gasteiger partial charge in [-0.3, -0.25) is 4.79 Å². The van der Waals surface area contributed by atoms with Crippen molar-refractivity contribution >= 4 is 5.91 Å². The molecule has 3 saturated carbocycles. The van der Waals surface area contributed by atoms with Gasteiger partial charge in [-0.1, -0.05) is 51.0 Å². The molecule has 0 spiro atoms. The lowest BCUT2D eigenvalue weighted by atomic mass is 9.45. The van der Waals surface area contributed by atoms with E-state index in [2.05, 4.69) is 44.3 Å². The number of allylic oxidation sites excluding steroid dienone is 1. The summed E-state index contributed by atoms with van der Waals surface area (Å²) in [6.45, 7) is 9.17. The summed E-state index contributed by atoms with van der Waals surface area (Å²) in [4.78, 5) is 12.6.